The Kier molecular flexibility index (Phi) is 5.66. The number of fused-ring (bicyclic) bond motifs is 2. The van der Waals surface area contributed by atoms with Gasteiger partial charge in [-0.2, -0.15) is 0 Å². The van der Waals surface area contributed by atoms with Crippen molar-refractivity contribution in [2.75, 3.05) is 11.1 Å². The SMILES string of the molecule is CCS(=O)(=O)N1C2=C3C[C@@H]1CC(Nc1ncc(Cl)c(-c4cc(F)c5nc(C(C)(C)O)n(C(C)C)c5c4)n1)[C@]32O. The molecule has 0 amide bonds. The molecule has 2 fully saturated rings. The Balaban J connectivity index is 1.35. The lowest BCUT2D eigenvalue weighted by molar-refractivity contribution is 0.0641. The molecule has 3 aromatic rings. The molecule has 39 heavy (non-hydrogen) atoms. The summed E-state index contributed by atoms with van der Waals surface area (Å²) in [6.45, 7) is 8.65. The predicted octanol–water partition coefficient (Wildman–Crippen LogP) is 3.70. The van der Waals surface area contributed by atoms with Crippen molar-refractivity contribution in [3.63, 3.8) is 0 Å². The highest BCUT2D eigenvalue weighted by Crippen LogP contribution is 2.63. The number of benzene rings is 1. The third kappa shape index (κ3) is 3.79. The number of piperidine rings is 2. The number of halogens is 2. The average molecular weight is 577 g/mol. The topological polar surface area (TPSA) is 133 Å². The van der Waals surface area contributed by atoms with Crippen LogP contribution < -0.4 is 5.32 Å². The Hall–Kier alpha value is -2.80. The van der Waals surface area contributed by atoms with E-state index >= 15 is 4.39 Å². The Morgan fingerprint density at radius 1 is 1.31 bits per heavy atom. The minimum atomic E-state index is -3.48. The maximum atomic E-state index is 15.3. The van der Waals surface area contributed by atoms with Gasteiger partial charge >= 0.3 is 0 Å². The van der Waals surface area contributed by atoms with Crippen LogP contribution in [-0.2, 0) is 15.6 Å². The second-order valence-corrected chi connectivity index (χ2v) is 13.8. The molecule has 4 aliphatic rings. The Morgan fingerprint density at radius 3 is 2.67 bits per heavy atom. The van der Waals surface area contributed by atoms with Gasteiger partial charge in [0.2, 0.25) is 16.0 Å². The number of hydrogen-bond donors (Lipinski definition) is 3. The maximum absolute atomic E-state index is 15.3. The van der Waals surface area contributed by atoms with Gasteiger partial charge in [0.15, 0.2) is 5.82 Å². The number of anilines is 1. The Bertz CT molecular complexity index is 1680. The highest BCUT2D eigenvalue weighted by molar-refractivity contribution is 7.89. The molecule has 7 rings (SSSR count). The summed E-state index contributed by atoms with van der Waals surface area (Å²) < 4.78 is 43.7. The van der Waals surface area contributed by atoms with Gasteiger partial charge in [-0.25, -0.2) is 27.8 Å². The minimum absolute atomic E-state index is 0.0357. The average Bonchev–Trinajstić information content (AvgIpc) is 3.17. The van der Waals surface area contributed by atoms with Gasteiger partial charge in [0.05, 0.1) is 46.0 Å². The second-order valence-electron chi connectivity index (χ2n) is 11.3. The highest BCUT2D eigenvalue weighted by Gasteiger charge is 2.71. The first-order chi connectivity index (χ1) is 18.2. The molecule has 4 bridgehead atoms. The summed E-state index contributed by atoms with van der Waals surface area (Å²) >= 11 is 6.47. The molecule has 13 heteroatoms. The smallest absolute Gasteiger partial charge is 0.234 e. The number of sulfonamides is 1. The fourth-order valence-electron chi connectivity index (χ4n) is 6.08. The van der Waals surface area contributed by atoms with E-state index in [1.807, 2.05) is 13.8 Å². The number of nitrogens with zero attached hydrogens (tertiary/aromatic N) is 5. The molecule has 0 spiro atoms. The van der Waals surface area contributed by atoms with Crippen molar-refractivity contribution in [2.24, 2.45) is 0 Å². The van der Waals surface area contributed by atoms with Gasteiger partial charge < -0.3 is 20.1 Å². The van der Waals surface area contributed by atoms with Crippen molar-refractivity contribution >= 4 is 38.6 Å². The van der Waals surface area contributed by atoms with Gasteiger partial charge in [-0.05, 0) is 65.2 Å². The quantitative estimate of drug-likeness (QED) is 0.388. The fraction of sp³-hybridized carbons (Fsp3) is 0.500. The molecule has 1 aromatic carbocycles. The van der Waals surface area contributed by atoms with E-state index in [0.717, 1.165) is 5.57 Å². The molecule has 208 valence electrons. The van der Waals surface area contributed by atoms with E-state index in [4.69, 9.17) is 11.6 Å². The molecular weight excluding hydrogens is 547 g/mol. The lowest BCUT2D eigenvalue weighted by Crippen LogP contribution is -2.57. The molecule has 10 nitrogen and oxygen atoms in total. The first kappa shape index (κ1) is 26.4. The number of imidazole rings is 1. The van der Waals surface area contributed by atoms with Gasteiger partial charge in [-0.3, -0.25) is 4.31 Å². The first-order valence-corrected chi connectivity index (χ1v) is 14.9. The van der Waals surface area contributed by atoms with Gasteiger partial charge in [-0.15, -0.1) is 0 Å². The summed E-state index contributed by atoms with van der Waals surface area (Å²) in [6, 6.07) is 2.16. The lowest BCUT2D eigenvalue weighted by Gasteiger charge is -2.44. The number of nitrogens with one attached hydrogen (secondary N) is 1. The van der Waals surface area contributed by atoms with Crippen molar-refractivity contribution in [1.82, 2.24) is 23.8 Å². The van der Waals surface area contributed by atoms with Crippen molar-refractivity contribution in [3.05, 3.63) is 46.3 Å². The number of aromatic nitrogens is 4. The molecule has 3 N–H and O–H groups in total. The van der Waals surface area contributed by atoms with E-state index in [1.54, 1.807) is 31.4 Å². The zero-order chi connectivity index (χ0) is 28.2. The molecule has 2 aliphatic heterocycles. The standard InChI is InChI=1S/C26H30ClFN6O4S/c1-6-39(37,38)34-14-9-15-22(34)26(15,36)19(10-14)30-24-29-11-16(27)20(32-24)13-7-17(28)21-18(8-13)33(12(2)3)23(31-21)25(4,5)35/h7-8,11-12,14,19,35-36H,6,9-10H2,1-5H3,(H,29,30,32)/t14-,19?,26-/m1/s1. The molecule has 1 saturated heterocycles. The van der Waals surface area contributed by atoms with Crippen molar-refractivity contribution in [3.8, 4) is 11.3 Å². The van der Waals surface area contributed by atoms with Crippen LogP contribution in [0.1, 0.15) is 59.3 Å². The number of hydrogen-bond acceptors (Lipinski definition) is 8. The van der Waals surface area contributed by atoms with E-state index in [9.17, 15) is 18.6 Å². The van der Waals surface area contributed by atoms with Crippen LogP contribution >= 0.6 is 11.6 Å². The number of aliphatic hydroxyl groups is 2. The summed E-state index contributed by atoms with van der Waals surface area (Å²) in [6.07, 6.45) is 2.31. The highest BCUT2D eigenvalue weighted by atomic mass is 35.5. The Labute approximate surface area is 230 Å². The monoisotopic (exact) mass is 576 g/mol. The molecule has 1 unspecified atom stereocenters. The normalized spacial score (nSPS) is 24.3. The van der Waals surface area contributed by atoms with Crippen LogP contribution in [0.4, 0.5) is 10.3 Å². The van der Waals surface area contributed by atoms with Crippen LogP contribution in [0.5, 0.6) is 0 Å². The van der Waals surface area contributed by atoms with Crippen LogP contribution in [0, 0.1) is 5.82 Å². The van der Waals surface area contributed by atoms with Gasteiger partial charge in [0.25, 0.3) is 0 Å². The van der Waals surface area contributed by atoms with Crippen molar-refractivity contribution in [2.45, 2.75) is 76.8 Å². The van der Waals surface area contributed by atoms with E-state index in [-0.39, 0.29) is 40.0 Å². The van der Waals surface area contributed by atoms with E-state index in [0.29, 0.717) is 35.4 Å². The van der Waals surface area contributed by atoms with Crippen LogP contribution in [0.2, 0.25) is 5.02 Å². The van der Waals surface area contributed by atoms with Crippen LogP contribution in [0.25, 0.3) is 22.3 Å². The molecule has 2 aliphatic carbocycles. The predicted molar refractivity (Wildman–Crippen MR) is 145 cm³/mol. The molecule has 0 radical (unpaired) electrons. The summed E-state index contributed by atoms with van der Waals surface area (Å²) in [7, 11) is -3.48. The first-order valence-electron chi connectivity index (χ1n) is 12.9. The third-order valence-corrected chi connectivity index (χ3v) is 9.93. The summed E-state index contributed by atoms with van der Waals surface area (Å²) in [4.78, 5) is 13.2. The Morgan fingerprint density at radius 2 is 2.03 bits per heavy atom. The van der Waals surface area contributed by atoms with Gasteiger partial charge in [-0.1, -0.05) is 11.6 Å². The summed E-state index contributed by atoms with van der Waals surface area (Å²) in [5.41, 5.74) is -0.133. The third-order valence-electron chi connectivity index (χ3n) is 7.85. The largest absolute Gasteiger partial charge is 0.383 e. The van der Waals surface area contributed by atoms with Crippen LogP contribution in [0.15, 0.2) is 29.6 Å². The molecular formula is C26H30ClFN6O4S. The molecule has 1 saturated carbocycles. The van der Waals surface area contributed by atoms with E-state index < -0.39 is 33.1 Å². The van der Waals surface area contributed by atoms with Crippen LogP contribution in [-0.4, -0.2) is 65.9 Å². The zero-order valence-electron chi connectivity index (χ0n) is 22.2. The summed E-state index contributed by atoms with van der Waals surface area (Å²) in [5, 5.41) is 25.4. The maximum Gasteiger partial charge on any atom is 0.234 e. The van der Waals surface area contributed by atoms with Gasteiger partial charge in [0, 0.05) is 11.6 Å². The molecule has 2 aromatic heterocycles. The number of rotatable bonds is 7. The second kappa shape index (κ2) is 8.35. The minimum Gasteiger partial charge on any atom is -0.383 e. The zero-order valence-corrected chi connectivity index (χ0v) is 23.8. The van der Waals surface area contributed by atoms with Crippen LogP contribution in [0.3, 0.4) is 0 Å². The lowest BCUT2D eigenvalue weighted by atomic mass is 9.84. The summed E-state index contributed by atoms with van der Waals surface area (Å²) in [5.74, 6) is -0.0894. The van der Waals surface area contributed by atoms with E-state index in [2.05, 4.69) is 20.3 Å². The molecule has 3 atom stereocenters. The van der Waals surface area contributed by atoms with Crippen molar-refractivity contribution in [1.29, 1.82) is 0 Å². The molecule has 4 heterocycles. The van der Waals surface area contributed by atoms with Gasteiger partial charge in [0.1, 0.15) is 22.5 Å². The van der Waals surface area contributed by atoms with E-state index in [1.165, 1.54) is 16.6 Å². The fourth-order valence-corrected chi connectivity index (χ4v) is 7.70. The van der Waals surface area contributed by atoms with Crippen molar-refractivity contribution < 1.29 is 23.0 Å².